The van der Waals surface area contributed by atoms with Gasteiger partial charge in [-0.2, -0.15) is 0 Å². The van der Waals surface area contributed by atoms with Gasteiger partial charge in [0.05, 0.1) is 11.7 Å². The molecular weight excluding hydrogens is 653 g/mol. The lowest BCUT2D eigenvalue weighted by molar-refractivity contribution is 0.745. The molecule has 7 aromatic carbocycles. The predicted octanol–water partition coefficient (Wildman–Crippen LogP) is 12.3. The Hall–Kier alpha value is -6.43. The number of hydrogen-bond donors (Lipinski definition) is 0. The number of rotatable bonds is 4. The van der Waals surface area contributed by atoms with Gasteiger partial charge in [0.25, 0.3) is 0 Å². The van der Waals surface area contributed by atoms with E-state index in [0.717, 1.165) is 27.8 Å². The second-order valence-corrected chi connectivity index (χ2v) is 14.7. The Morgan fingerprint density at radius 3 is 1.96 bits per heavy atom. The van der Waals surface area contributed by atoms with Crippen LogP contribution in [0.3, 0.4) is 0 Å². The maximum Gasteiger partial charge on any atom is 0.166 e. The SMILES string of the molecule is C1=CC2c3cc4ccccc4cc3N(c3ccccc3-c3nc(-c4ccc5ccccc5c4)nc(-c4ccc5sc6ccccc6c5c4)n3)C2C=C1. The predicted molar refractivity (Wildman–Crippen MR) is 217 cm³/mol. The first-order valence-corrected chi connectivity index (χ1v) is 18.5. The zero-order valence-corrected chi connectivity index (χ0v) is 28.8. The van der Waals surface area contributed by atoms with Crippen molar-refractivity contribution in [1.29, 1.82) is 0 Å². The van der Waals surface area contributed by atoms with Crippen molar-refractivity contribution in [3.05, 3.63) is 175 Å². The van der Waals surface area contributed by atoms with Crippen LogP contribution in [0.1, 0.15) is 11.5 Å². The molecule has 5 heteroatoms. The van der Waals surface area contributed by atoms with Crippen LogP contribution in [-0.2, 0) is 0 Å². The molecule has 0 bridgehead atoms. The molecule has 2 unspecified atom stereocenters. The third kappa shape index (κ3) is 4.63. The van der Waals surface area contributed by atoms with Crippen molar-refractivity contribution in [1.82, 2.24) is 15.0 Å². The molecule has 2 aromatic heterocycles. The average Bonchev–Trinajstić information content (AvgIpc) is 3.74. The van der Waals surface area contributed by atoms with Crippen LogP contribution in [0.15, 0.2) is 170 Å². The van der Waals surface area contributed by atoms with Crippen molar-refractivity contribution in [3.8, 4) is 34.2 Å². The summed E-state index contributed by atoms with van der Waals surface area (Å²) in [6, 6.07) is 52.2. The van der Waals surface area contributed by atoms with Gasteiger partial charge in [-0.05, 0) is 81.7 Å². The lowest BCUT2D eigenvalue weighted by Gasteiger charge is -2.30. The number of nitrogens with zero attached hydrogens (tertiary/aromatic N) is 4. The zero-order chi connectivity index (χ0) is 34.2. The van der Waals surface area contributed by atoms with Gasteiger partial charge < -0.3 is 4.90 Å². The van der Waals surface area contributed by atoms with Crippen LogP contribution in [-0.4, -0.2) is 21.0 Å². The van der Waals surface area contributed by atoms with Gasteiger partial charge in [0.1, 0.15) is 0 Å². The van der Waals surface area contributed by atoms with E-state index in [1.165, 1.54) is 47.6 Å². The Labute approximate surface area is 304 Å². The Morgan fingerprint density at radius 2 is 1.10 bits per heavy atom. The summed E-state index contributed by atoms with van der Waals surface area (Å²) < 4.78 is 2.53. The van der Waals surface area contributed by atoms with Crippen LogP contribution < -0.4 is 4.90 Å². The van der Waals surface area contributed by atoms with Gasteiger partial charge in [0, 0.05) is 48.5 Å². The van der Waals surface area contributed by atoms with Crippen molar-refractivity contribution < 1.29 is 0 Å². The van der Waals surface area contributed by atoms with Crippen molar-refractivity contribution in [2.75, 3.05) is 4.90 Å². The van der Waals surface area contributed by atoms with Crippen LogP contribution in [0.5, 0.6) is 0 Å². The molecule has 0 radical (unpaired) electrons. The first kappa shape index (κ1) is 29.3. The summed E-state index contributed by atoms with van der Waals surface area (Å²) in [6.45, 7) is 0. The second kappa shape index (κ2) is 11.6. The number of aromatic nitrogens is 3. The Bertz CT molecular complexity index is 2960. The lowest BCUT2D eigenvalue weighted by atomic mass is 9.90. The molecule has 52 heavy (non-hydrogen) atoms. The van der Waals surface area contributed by atoms with E-state index in [2.05, 4.69) is 175 Å². The molecule has 0 amide bonds. The lowest BCUT2D eigenvalue weighted by Crippen LogP contribution is -2.29. The van der Waals surface area contributed by atoms with E-state index in [1.54, 1.807) is 0 Å². The first-order valence-electron chi connectivity index (χ1n) is 17.7. The number of allylic oxidation sites excluding steroid dienone is 2. The molecule has 1 aliphatic carbocycles. The molecule has 0 N–H and O–H groups in total. The van der Waals surface area contributed by atoms with Gasteiger partial charge in [0.2, 0.25) is 0 Å². The topological polar surface area (TPSA) is 41.9 Å². The summed E-state index contributed by atoms with van der Waals surface area (Å²) in [5, 5.41) is 7.30. The molecule has 4 nitrogen and oxygen atoms in total. The number of benzene rings is 7. The van der Waals surface area contributed by atoms with Crippen molar-refractivity contribution in [3.63, 3.8) is 0 Å². The number of thiophene rings is 1. The summed E-state index contributed by atoms with van der Waals surface area (Å²) >= 11 is 1.82. The highest BCUT2D eigenvalue weighted by molar-refractivity contribution is 7.25. The molecule has 0 saturated heterocycles. The maximum atomic E-state index is 5.30. The molecule has 2 atom stereocenters. The van der Waals surface area contributed by atoms with Gasteiger partial charge in [-0.15, -0.1) is 11.3 Å². The second-order valence-electron chi connectivity index (χ2n) is 13.6. The molecule has 3 heterocycles. The average molecular weight is 683 g/mol. The molecule has 1 aliphatic heterocycles. The molecule has 2 aliphatic rings. The molecule has 11 rings (SSSR count). The molecule has 9 aromatic rings. The standard InChI is InChI=1S/C47H30N4S/c1-2-12-30-25-33(22-21-29(30)11-1)45-48-46(34-23-24-44-39(27-34)36-16-7-10-20-43(36)52-44)50-47(49-45)37-17-6-9-19-41(37)51-40-18-8-5-15-35(40)38-26-31-13-3-4-14-32(31)28-42(38)51/h1-28,35,40H. The minimum Gasteiger partial charge on any atom is -0.333 e. The Kier molecular flexibility index (Phi) is 6.51. The highest BCUT2D eigenvalue weighted by Crippen LogP contribution is 2.51. The van der Waals surface area contributed by atoms with E-state index in [4.69, 9.17) is 15.0 Å². The van der Waals surface area contributed by atoms with Crippen LogP contribution in [0.4, 0.5) is 11.4 Å². The highest BCUT2D eigenvalue weighted by Gasteiger charge is 2.38. The van der Waals surface area contributed by atoms with Crippen molar-refractivity contribution in [2.45, 2.75) is 12.0 Å². The van der Waals surface area contributed by atoms with Gasteiger partial charge in [0.15, 0.2) is 17.5 Å². The molecular formula is C47H30N4S. The largest absolute Gasteiger partial charge is 0.333 e. The fraction of sp³-hybridized carbons (Fsp3) is 0.0426. The number of anilines is 2. The van der Waals surface area contributed by atoms with E-state index in [9.17, 15) is 0 Å². The van der Waals surface area contributed by atoms with E-state index in [0.29, 0.717) is 17.5 Å². The quantitative estimate of drug-likeness (QED) is 0.185. The van der Waals surface area contributed by atoms with Crippen molar-refractivity contribution in [2.24, 2.45) is 0 Å². The van der Waals surface area contributed by atoms with Gasteiger partial charge >= 0.3 is 0 Å². The molecule has 0 saturated carbocycles. The summed E-state index contributed by atoms with van der Waals surface area (Å²) in [4.78, 5) is 18.2. The van der Waals surface area contributed by atoms with Gasteiger partial charge in [-0.25, -0.2) is 15.0 Å². The highest BCUT2D eigenvalue weighted by atomic mass is 32.1. The van der Waals surface area contributed by atoms with E-state index < -0.39 is 0 Å². The van der Waals surface area contributed by atoms with Gasteiger partial charge in [-0.3, -0.25) is 0 Å². The van der Waals surface area contributed by atoms with Gasteiger partial charge in [-0.1, -0.05) is 115 Å². The van der Waals surface area contributed by atoms with Crippen LogP contribution in [0.2, 0.25) is 0 Å². The number of fused-ring (bicyclic) bond motifs is 8. The van der Waals surface area contributed by atoms with Crippen LogP contribution in [0.25, 0.3) is 75.9 Å². The molecule has 0 fully saturated rings. The van der Waals surface area contributed by atoms with Crippen LogP contribution in [0, 0.1) is 0 Å². The third-order valence-electron chi connectivity index (χ3n) is 10.6. The van der Waals surface area contributed by atoms with Crippen LogP contribution >= 0.6 is 11.3 Å². The van der Waals surface area contributed by atoms with E-state index >= 15 is 0 Å². The fourth-order valence-corrected chi connectivity index (χ4v) is 9.21. The van der Waals surface area contributed by atoms with Crippen molar-refractivity contribution >= 4 is 64.4 Å². The zero-order valence-electron chi connectivity index (χ0n) is 28.0. The molecule has 244 valence electrons. The normalized spacial score (nSPS) is 16.3. The smallest absolute Gasteiger partial charge is 0.166 e. The Balaban J connectivity index is 1.13. The third-order valence-corrected chi connectivity index (χ3v) is 11.8. The van der Waals surface area contributed by atoms with E-state index in [1.807, 2.05) is 11.3 Å². The molecule has 0 spiro atoms. The minimum absolute atomic E-state index is 0.133. The maximum absolute atomic E-state index is 5.30. The fourth-order valence-electron chi connectivity index (χ4n) is 8.12. The first-order chi connectivity index (χ1) is 25.7. The summed E-state index contributed by atoms with van der Waals surface area (Å²) in [5.41, 5.74) is 6.53. The summed E-state index contributed by atoms with van der Waals surface area (Å²) in [7, 11) is 0. The van der Waals surface area contributed by atoms with E-state index in [-0.39, 0.29) is 12.0 Å². The number of para-hydroxylation sites is 1. The summed E-state index contributed by atoms with van der Waals surface area (Å²) in [6.07, 6.45) is 9.01. The minimum atomic E-state index is 0.133. The number of hydrogen-bond acceptors (Lipinski definition) is 5. The summed E-state index contributed by atoms with van der Waals surface area (Å²) in [5.74, 6) is 2.21. The monoisotopic (exact) mass is 682 g/mol. The Morgan fingerprint density at radius 1 is 0.462 bits per heavy atom.